The lowest BCUT2D eigenvalue weighted by molar-refractivity contribution is -0.161. The fourth-order valence-corrected chi connectivity index (χ4v) is 11.0. The molecule has 0 bridgehead atoms. The fourth-order valence-electron chi connectivity index (χ4n) is 9.46. The number of aliphatic hydroxyl groups is 1. The van der Waals surface area contributed by atoms with Crippen LogP contribution in [-0.4, -0.2) is 96.7 Å². The van der Waals surface area contributed by atoms with Gasteiger partial charge in [-0.25, -0.2) is 9.13 Å². The first-order valence-corrected chi connectivity index (χ1v) is 36.3. The number of phosphoric acid groups is 2. The molecule has 2 unspecified atom stereocenters. The van der Waals surface area contributed by atoms with Crippen LogP contribution in [0.4, 0.5) is 0 Å². The summed E-state index contributed by atoms with van der Waals surface area (Å²) in [6.45, 7) is 4.78. The van der Waals surface area contributed by atoms with Gasteiger partial charge in [0.1, 0.15) is 19.3 Å². The highest BCUT2D eigenvalue weighted by Crippen LogP contribution is 2.45. The van der Waals surface area contributed by atoms with Crippen molar-refractivity contribution in [3.05, 3.63) is 0 Å². The molecule has 0 aliphatic heterocycles. The summed E-state index contributed by atoms with van der Waals surface area (Å²) in [7, 11) is -9.87. The third kappa shape index (κ3) is 57.2. The van der Waals surface area contributed by atoms with Gasteiger partial charge in [-0.3, -0.25) is 37.3 Å². The van der Waals surface area contributed by atoms with Crippen LogP contribution < -0.4 is 0 Å². The molecular weight excluding hydrogens is 1090 g/mol. The van der Waals surface area contributed by atoms with Crippen LogP contribution in [-0.2, 0) is 65.4 Å². The number of hydrogen-bond acceptors (Lipinski definition) is 15. The summed E-state index contributed by atoms with van der Waals surface area (Å²) in [6, 6.07) is 0. The Labute approximate surface area is 498 Å². The second kappa shape index (κ2) is 58.1. The molecule has 82 heavy (non-hydrogen) atoms. The van der Waals surface area contributed by atoms with E-state index < -0.39 is 97.5 Å². The summed E-state index contributed by atoms with van der Waals surface area (Å²) < 4.78 is 67.7. The van der Waals surface area contributed by atoms with Crippen molar-refractivity contribution in [1.82, 2.24) is 0 Å². The maximum atomic E-state index is 13.0. The Balaban J connectivity index is 5.15. The molecule has 0 aliphatic rings. The van der Waals surface area contributed by atoms with Gasteiger partial charge in [-0.05, 0) is 25.7 Å². The van der Waals surface area contributed by atoms with Gasteiger partial charge in [0, 0.05) is 25.7 Å². The zero-order chi connectivity index (χ0) is 60.5. The Morgan fingerprint density at radius 1 is 0.293 bits per heavy atom. The number of rotatable bonds is 64. The van der Waals surface area contributed by atoms with Crippen molar-refractivity contribution in [2.75, 3.05) is 39.6 Å². The SMILES string of the molecule is CCCCCCCCCCCCCCCCCCC(=O)O[C@H](COC(=O)CCCCCCCCCCCCCCC)COP(=O)(O)OC[C@@H](O)COP(=O)(O)OC[C@@H](COC(=O)CCCCCCC)OC(=O)CCCCCCCCCC. The number of unbranched alkanes of at least 4 members (excludes halogenated alkanes) is 38. The molecule has 0 saturated heterocycles. The van der Waals surface area contributed by atoms with Crippen molar-refractivity contribution < 1.29 is 80.2 Å². The van der Waals surface area contributed by atoms with Gasteiger partial charge >= 0.3 is 39.5 Å². The highest BCUT2D eigenvalue weighted by atomic mass is 31.2. The number of carbonyl (C=O) groups excluding carboxylic acids is 4. The number of hydrogen-bond donors (Lipinski definition) is 3. The molecule has 0 spiro atoms. The lowest BCUT2D eigenvalue weighted by atomic mass is 10.0. The molecular formula is C63H122O17P2. The molecule has 0 aromatic carbocycles. The average Bonchev–Trinajstić information content (AvgIpc) is 3.49. The number of ether oxygens (including phenoxy) is 4. The first-order valence-electron chi connectivity index (χ1n) is 33.3. The Kier molecular flexibility index (Phi) is 56.7. The third-order valence-corrected chi connectivity index (χ3v) is 16.5. The monoisotopic (exact) mass is 1210 g/mol. The Bertz CT molecular complexity index is 1590. The second-order valence-corrected chi connectivity index (χ2v) is 25.7. The number of phosphoric ester groups is 2. The molecule has 19 heteroatoms. The van der Waals surface area contributed by atoms with E-state index in [9.17, 15) is 43.2 Å². The van der Waals surface area contributed by atoms with Crippen LogP contribution in [0.15, 0.2) is 0 Å². The summed E-state index contributed by atoms with van der Waals surface area (Å²) in [5.41, 5.74) is 0. The van der Waals surface area contributed by atoms with Gasteiger partial charge in [-0.1, -0.05) is 272 Å². The van der Waals surface area contributed by atoms with E-state index in [4.69, 9.17) is 37.0 Å². The van der Waals surface area contributed by atoms with Crippen LogP contribution in [0, 0.1) is 0 Å². The molecule has 0 rings (SSSR count). The van der Waals surface area contributed by atoms with E-state index in [-0.39, 0.29) is 25.7 Å². The van der Waals surface area contributed by atoms with Crippen LogP contribution in [0.2, 0.25) is 0 Å². The topological polar surface area (TPSA) is 237 Å². The van der Waals surface area contributed by atoms with Gasteiger partial charge in [0.05, 0.1) is 26.4 Å². The van der Waals surface area contributed by atoms with E-state index in [0.717, 1.165) is 103 Å². The average molecular weight is 1210 g/mol. The quantitative estimate of drug-likeness (QED) is 0.0222. The smallest absolute Gasteiger partial charge is 0.462 e. The molecule has 0 aromatic heterocycles. The van der Waals surface area contributed by atoms with Crippen LogP contribution in [0.3, 0.4) is 0 Å². The molecule has 0 heterocycles. The maximum absolute atomic E-state index is 13.0. The molecule has 0 saturated carbocycles. The molecule has 0 radical (unpaired) electrons. The predicted octanol–water partition coefficient (Wildman–Crippen LogP) is 17.5. The van der Waals surface area contributed by atoms with Gasteiger partial charge < -0.3 is 33.8 Å². The Hall–Kier alpha value is -1.94. The van der Waals surface area contributed by atoms with Gasteiger partial charge in [-0.15, -0.1) is 0 Å². The van der Waals surface area contributed by atoms with Crippen molar-refractivity contribution >= 4 is 39.5 Å². The van der Waals surface area contributed by atoms with E-state index in [1.807, 2.05) is 0 Å². The molecule has 0 amide bonds. The van der Waals surface area contributed by atoms with Crippen LogP contribution in [0.25, 0.3) is 0 Å². The van der Waals surface area contributed by atoms with Gasteiger partial charge in [-0.2, -0.15) is 0 Å². The minimum atomic E-state index is -4.94. The van der Waals surface area contributed by atoms with Gasteiger partial charge in [0.15, 0.2) is 12.2 Å². The maximum Gasteiger partial charge on any atom is 0.472 e. The predicted molar refractivity (Wildman–Crippen MR) is 326 cm³/mol. The lowest BCUT2D eigenvalue weighted by Gasteiger charge is -2.21. The van der Waals surface area contributed by atoms with Gasteiger partial charge in [0.2, 0.25) is 0 Å². The van der Waals surface area contributed by atoms with Crippen LogP contribution in [0.1, 0.15) is 323 Å². The number of aliphatic hydroxyl groups excluding tert-OH is 1. The van der Waals surface area contributed by atoms with Gasteiger partial charge in [0.25, 0.3) is 0 Å². The summed E-state index contributed by atoms with van der Waals surface area (Å²) in [4.78, 5) is 71.8. The zero-order valence-electron chi connectivity index (χ0n) is 52.5. The first-order chi connectivity index (χ1) is 39.7. The molecule has 5 atom stereocenters. The van der Waals surface area contributed by atoms with Crippen molar-refractivity contribution in [1.29, 1.82) is 0 Å². The number of carbonyl (C=O) groups is 4. The van der Waals surface area contributed by atoms with Crippen LogP contribution in [0.5, 0.6) is 0 Å². The molecule has 0 aromatic rings. The highest BCUT2D eigenvalue weighted by molar-refractivity contribution is 7.47. The minimum absolute atomic E-state index is 0.104. The Morgan fingerprint density at radius 3 is 0.720 bits per heavy atom. The fraction of sp³-hybridized carbons (Fsp3) is 0.937. The van der Waals surface area contributed by atoms with E-state index >= 15 is 0 Å². The molecule has 17 nitrogen and oxygen atoms in total. The summed E-state index contributed by atoms with van der Waals surface area (Å²) in [5, 5.41) is 10.5. The second-order valence-electron chi connectivity index (χ2n) is 22.8. The van der Waals surface area contributed by atoms with E-state index in [0.29, 0.717) is 25.7 Å². The summed E-state index contributed by atoms with van der Waals surface area (Å²) in [5.74, 6) is -2.14. The van der Waals surface area contributed by atoms with E-state index in [1.54, 1.807) is 0 Å². The van der Waals surface area contributed by atoms with E-state index in [1.165, 1.54) is 141 Å². The van der Waals surface area contributed by atoms with Crippen LogP contribution >= 0.6 is 15.6 Å². The normalized spacial score (nSPS) is 14.2. The Morgan fingerprint density at radius 2 is 0.488 bits per heavy atom. The van der Waals surface area contributed by atoms with Crippen molar-refractivity contribution in [2.45, 2.75) is 341 Å². The molecule has 486 valence electrons. The van der Waals surface area contributed by atoms with E-state index in [2.05, 4.69) is 27.7 Å². The molecule has 3 N–H and O–H groups in total. The van der Waals surface area contributed by atoms with Crippen molar-refractivity contribution in [3.63, 3.8) is 0 Å². The lowest BCUT2D eigenvalue weighted by Crippen LogP contribution is -2.30. The summed E-state index contributed by atoms with van der Waals surface area (Å²) >= 11 is 0. The summed E-state index contributed by atoms with van der Waals surface area (Å²) in [6.07, 6.45) is 43.5. The molecule has 0 fully saturated rings. The highest BCUT2D eigenvalue weighted by Gasteiger charge is 2.30. The minimum Gasteiger partial charge on any atom is -0.462 e. The standard InChI is InChI=1S/C63H122O17P2/c1-5-9-13-17-20-23-25-27-28-29-31-33-35-38-42-46-50-63(68)80-59(54-74-61(66)48-44-40-37-34-32-30-26-24-21-18-14-10-6-2)56-78-82(71,72)76-52-57(64)51-75-81(69,70)77-55-58(53-73-60(65)47-43-39-16-12-8-4)79-62(67)49-45-41-36-22-19-15-11-7-3/h57-59,64H,5-56H2,1-4H3,(H,69,70)(H,71,72)/t57-,58+,59+/m0/s1. The molecule has 0 aliphatic carbocycles. The largest absolute Gasteiger partial charge is 0.472 e. The third-order valence-electron chi connectivity index (χ3n) is 14.6. The first kappa shape index (κ1) is 80.1. The number of esters is 4. The van der Waals surface area contributed by atoms with Crippen molar-refractivity contribution in [3.8, 4) is 0 Å². The van der Waals surface area contributed by atoms with Crippen molar-refractivity contribution in [2.24, 2.45) is 0 Å². The zero-order valence-corrected chi connectivity index (χ0v) is 54.2.